The smallest absolute Gasteiger partial charge is 0.254 e. The molecule has 2 amide bonds. The number of unbranched alkanes of at least 4 members (excludes halogenated alkanes) is 2. The van der Waals surface area contributed by atoms with E-state index in [2.05, 4.69) is 12.2 Å². The fourth-order valence-corrected chi connectivity index (χ4v) is 3.19. The third-order valence-electron chi connectivity index (χ3n) is 4.83. The van der Waals surface area contributed by atoms with Gasteiger partial charge in [-0.3, -0.25) is 9.59 Å². The van der Waals surface area contributed by atoms with Crippen molar-refractivity contribution in [2.75, 3.05) is 33.9 Å². The van der Waals surface area contributed by atoms with Crippen molar-refractivity contribution in [3.05, 3.63) is 23.8 Å². The second-order valence-corrected chi connectivity index (χ2v) is 6.67. The van der Waals surface area contributed by atoms with Crippen LogP contribution in [0.5, 0.6) is 11.5 Å². The molecule has 1 aromatic rings. The van der Waals surface area contributed by atoms with E-state index >= 15 is 0 Å². The van der Waals surface area contributed by atoms with E-state index in [-0.39, 0.29) is 17.7 Å². The first kappa shape index (κ1) is 20.1. The molecule has 1 aliphatic heterocycles. The van der Waals surface area contributed by atoms with Crippen LogP contribution in [0.2, 0.25) is 0 Å². The SMILES string of the molecule is CCCCCNC(=O)C1CCN(C(=O)c2cc(OC)cc(OC)c2)CC1. The Labute approximate surface area is 155 Å². The van der Waals surface area contributed by atoms with Crippen LogP contribution in [0, 0.1) is 5.92 Å². The average molecular weight is 362 g/mol. The number of likely N-dealkylation sites (tertiary alicyclic amines) is 1. The average Bonchev–Trinajstić information content (AvgIpc) is 2.70. The van der Waals surface area contributed by atoms with Crippen LogP contribution in [0.1, 0.15) is 49.4 Å². The Kier molecular flexibility index (Phi) is 7.75. The number of rotatable bonds is 8. The number of amides is 2. The van der Waals surface area contributed by atoms with Crippen molar-refractivity contribution in [2.24, 2.45) is 5.92 Å². The van der Waals surface area contributed by atoms with E-state index in [9.17, 15) is 9.59 Å². The van der Waals surface area contributed by atoms with Crippen LogP contribution in [0.4, 0.5) is 0 Å². The number of nitrogens with one attached hydrogen (secondary N) is 1. The van der Waals surface area contributed by atoms with E-state index in [4.69, 9.17) is 9.47 Å². The lowest BCUT2D eigenvalue weighted by atomic mass is 9.95. The number of nitrogens with zero attached hydrogens (tertiary/aromatic N) is 1. The molecule has 0 bridgehead atoms. The molecule has 1 heterocycles. The van der Waals surface area contributed by atoms with Crippen molar-refractivity contribution in [3.63, 3.8) is 0 Å². The molecule has 0 aromatic heterocycles. The van der Waals surface area contributed by atoms with Gasteiger partial charge in [-0.1, -0.05) is 19.8 Å². The van der Waals surface area contributed by atoms with Crippen molar-refractivity contribution in [3.8, 4) is 11.5 Å². The summed E-state index contributed by atoms with van der Waals surface area (Å²) in [5.41, 5.74) is 0.545. The number of benzene rings is 1. The van der Waals surface area contributed by atoms with E-state index < -0.39 is 0 Å². The molecule has 1 fully saturated rings. The number of carbonyl (C=O) groups is 2. The monoisotopic (exact) mass is 362 g/mol. The number of hydrogen-bond donors (Lipinski definition) is 1. The molecule has 1 N–H and O–H groups in total. The molecule has 144 valence electrons. The third kappa shape index (κ3) is 5.38. The molecule has 6 nitrogen and oxygen atoms in total. The van der Waals surface area contributed by atoms with Crippen LogP contribution < -0.4 is 14.8 Å². The van der Waals surface area contributed by atoms with Crippen LogP contribution in [-0.2, 0) is 4.79 Å². The molecule has 0 atom stereocenters. The Bertz CT molecular complexity index is 588. The molecule has 1 aliphatic rings. The van der Waals surface area contributed by atoms with Crippen LogP contribution in [-0.4, -0.2) is 50.6 Å². The predicted molar refractivity (Wildman–Crippen MR) is 101 cm³/mol. The lowest BCUT2D eigenvalue weighted by molar-refractivity contribution is -0.126. The minimum atomic E-state index is -0.0518. The third-order valence-corrected chi connectivity index (χ3v) is 4.83. The molecule has 0 radical (unpaired) electrons. The van der Waals surface area contributed by atoms with Crippen molar-refractivity contribution in [1.29, 1.82) is 0 Å². The highest BCUT2D eigenvalue weighted by molar-refractivity contribution is 5.95. The number of ether oxygens (including phenoxy) is 2. The first-order chi connectivity index (χ1) is 12.6. The molecule has 26 heavy (non-hydrogen) atoms. The number of piperidine rings is 1. The molecular formula is C20H30N2O4. The summed E-state index contributed by atoms with van der Waals surface area (Å²) in [5, 5.41) is 3.02. The van der Waals surface area contributed by atoms with Gasteiger partial charge in [0.25, 0.3) is 5.91 Å². The van der Waals surface area contributed by atoms with Gasteiger partial charge in [0.15, 0.2) is 0 Å². The molecule has 0 spiro atoms. The summed E-state index contributed by atoms with van der Waals surface area (Å²) < 4.78 is 10.5. The van der Waals surface area contributed by atoms with Gasteiger partial charge in [-0.25, -0.2) is 0 Å². The summed E-state index contributed by atoms with van der Waals surface area (Å²) in [5.74, 6) is 1.25. The Morgan fingerprint density at radius 3 is 2.23 bits per heavy atom. The van der Waals surface area contributed by atoms with Crippen LogP contribution in [0.25, 0.3) is 0 Å². The zero-order chi connectivity index (χ0) is 18.9. The van der Waals surface area contributed by atoms with Crippen LogP contribution >= 0.6 is 0 Å². The van der Waals surface area contributed by atoms with Crippen molar-refractivity contribution in [1.82, 2.24) is 10.2 Å². The molecule has 0 saturated carbocycles. The van der Waals surface area contributed by atoms with Gasteiger partial charge in [0.05, 0.1) is 14.2 Å². The van der Waals surface area contributed by atoms with Crippen molar-refractivity contribution < 1.29 is 19.1 Å². The molecular weight excluding hydrogens is 332 g/mol. The second-order valence-electron chi connectivity index (χ2n) is 6.67. The first-order valence-electron chi connectivity index (χ1n) is 9.39. The number of hydrogen-bond acceptors (Lipinski definition) is 4. The van der Waals surface area contributed by atoms with Gasteiger partial charge in [0, 0.05) is 37.2 Å². The topological polar surface area (TPSA) is 67.9 Å². The Morgan fingerprint density at radius 1 is 1.08 bits per heavy atom. The largest absolute Gasteiger partial charge is 0.497 e. The maximum absolute atomic E-state index is 12.8. The standard InChI is InChI=1S/C20H30N2O4/c1-4-5-6-9-21-19(23)15-7-10-22(11-8-15)20(24)16-12-17(25-2)14-18(13-16)26-3/h12-15H,4-11H2,1-3H3,(H,21,23). The Morgan fingerprint density at radius 2 is 1.69 bits per heavy atom. The number of carbonyl (C=O) groups excluding carboxylic acids is 2. The predicted octanol–water partition coefficient (Wildman–Crippen LogP) is 2.86. The maximum atomic E-state index is 12.8. The first-order valence-corrected chi connectivity index (χ1v) is 9.39. The fraction of sp³-hybridized carbons (Fsp3) is 0.600. The van der Waals surface area contributed by atoms with E-state index in [1.807, 2.05) is 0 Å². The molecule has 1 aromatic carbocycles. The molecule has 0 aliphatic carbocycles. The Balaban J connectivity index is 1.89. The summed E-state index contributed by atoms with van der Waals surface area (Å²) in [6.45, 7) is 4.07. The summed E-state index contributed by atoms with van der Waals surface area (Å²) in [7, 11) is 3.13. The number of methoxy groups -OCH3 is 2. The normalized spacial score (nSPS) is 14.8. The second kappa shape index (κ2) is 10.0. The van der Waals surface area contributed by atoms with Crippen molar-refractivity contribution >= 4 is 11.8 Å². The lowest BCUT2D eigenvalue weighted by Crippen LogP contribution is -2.43. The van der Waals surface area contributed by atoms with Gasteiger partial charge in [-0.2, -0.15) is 0 Å². The highest BCUT2D eigenvalue weighted by Gasteiger charge is 2.28. The highest BCUT2D eigenvalue weighted by atomic mass is 16.5. The summed E-state index contributed by atoms with van der Waals surface area (Å²) in [6.07, 6.45) is 4.71. The summed E-state index contributed by atoms with van der Waals surface area (Å²) in [6, 6.07) is 5.18. The van der Waals surface area contributed by atoms with E-state index in [1.54, 1.807) is 37.3 Å². The highest BCUT2D eigenvalue weighted by Crippen LogP contribution is 2.25. The van der Waals surface area contributed by atoms with E-state index in [0.29, 0.717) is 43.0 Å². The molecule has 1 saturated heterocycles. The van der Waals surface area contributed by atoms with Crippen LogP contribution in [0.15, 0.2) is 18.2 Å². The maximum Gasteiger partial charge on any atom is 0.254 e. The fourth-order valence-electron chi connectivity index (χ4n) is 3.19. The van der Waals surface area contributed by atoms with E-state index in [1.165, 1.54) is 0 Å². The minimum Gasteiger partial charge on any atom is -0.497 e. The van der Waals surface area contributed by atoms with Gasteiger partial charge in [0.1, 0.15) is 11.5 Å². The van der Waals surface area contributed by atoms with Crippen molar-refractivity contribution in [2.45, 2.75) is 39.0 Å². The van der Waals surface area contributed by atoms with Gasteiger partial charge >= 0.3 is 0 Å². The molecule has 6 heteroatoms. The van der Waals surface area contributed by atoms with Gasteiger partial charge in [-0.15, -0.1) is 0 Å². The zero-order valence-corrected chi connectivity index (χ0v) is 16.0. The van der Waals surface area contributed by atoms with Crippen LogP contribution in [0.3, 0.4) is 0 Å². The van der Waals surface area contributed by atoms with Gasteiger partial charge in [0.2, 0.25) is 5.91 Å². The van der Waals surface area contributed by atoms with Gasteiger partial charge in [-0.05, 0) is 31.4 Å². The minimum absolute atomic E-state index is 0.000483. The van der Waals surface area contributed by atoms with Gasteiger partial charge < -0.3 is 19.7 Å². The zero-order valence-electron chi connectivity index (χ0n) is 16.0. The summed E-state index contributed by atoms with van der Waals surface area (Å²) in [4.78, 5) is 26.8. The molecule has 0 unspecified atom stereocenters. The molecule has 2 rings (SSSR count). The van der Waals surface area contributed by atoms with E-state index in [0.717, 1.165) is 25.8 Å². The lowest BCUT2D eigenvalue weighted by Gasteiger charge is -2.31. The quantitative estimate of drug-likeness (QED) is 0.722. The summed E-state index contributed by atoms with van der Waals surface area (Å²) >= 11 is 0. The Hall–Kier alpha value is -2.24.